The van der Waals surface area contributed by atoms with Crippen molar-refractivity contribution in [2.75, 3.05) is 32.7 Å². The minimum absolute atomic E-state index is 0.0831. The second-order valence-corrected chi connectivity index (χ2v) is 9.03. The molecule has 1 aromatic carbocycles. The van der Waals surface area contributed by atoms with Crippen molar-refractivity contribution >= 4 is 21.7 Å². The summed E-state index contributed by atoms with van der Waals surface area (Å²) in [6.07, 6.45) is 4.91. The summed E-state index contributed by atoms with van der Waals surface area (Å²) in [5.41, 5.74) is 0.929. The Hall–Kier alpha value is -2.99. The highest BCUT2D eigenvalue weighted by molar-refractivity contribution is 7.89. The molecule has 31 heavy (non-hydrogen) atoms. The number of guanidine groups is 1. The number of benzene rings is 1. The van der Waals surface area contributed by atoms with Gasteiger partial charge in [0.1, 0.15) is 0 Å². The first kappa shape index (κ1) is 22.7. The van der Waals surface area contributed by atoms with E-state index < -0.39 is 14.9 Å². The number of hydrogen-bond acceptors (Lipinski definition) is 6. The number of nitrogens with zero attached hydrogens (tertiary/aromatic N) is 5. The Balaban J connectivity index is 1.58. The van der Waals surface area contributed by atoms with Crippen LogP contribution in [-0.4, -0.2) is 66.7 Å². The third kappa shape index (κ3) is 5.79. The first-order valence-corrected chi connectivity index (χ1v) is 11.5. The van der Waals surface area contributed by atoms with Crippen LogP contribution >= 0.6 is 0 Å². The van der Waals surface area contributed by atoms with Gasteiger partial charge in [-0.25, -0.2) is 13.1 Å². The quantitative estimate of drug-likeness (QED) is 0.202. The molecule has 11 nitrogen and oxygen atoms in total. The summed E-state index contributed by atoms with van der Waals surface area (Å²) < 4.78 is 29.1. The highest BCUT2D eigenvalue weighted by atomic mass is 32.2. The molecule has 3 rings (SSSR count). The van der Waals surface area contributed by atoms with E-state index in [1.807, 2.05) is 26.4 Å². The molecule has 0 aliphatic carbocycles. The van der Waals surface area contributed by atoms with Gasteiger partial charge in [0.2, 0.25) is 10.0 Å². The fourth-order valence-electron chi connectivity index (χ4n) is 3.49. The van der Waals surface area contributed by atoms with E-state index >= 15 is 0 Å². The van der Waals surface area contributed by atoms with Gasteiger partial charge in [0.05, 0.1) is 22.6 Å². The van der Waals surface area contributed by atoms with E-state index in [4.69, 9.17) is 0 Å². The molecule has 2 aromatic rings. The molecular formula is C19H27N7O4S. The topological polar surface area (TPSA) is 135 Å². The lowest BCUT2D eigenvalue weighted by molar-refractivity contribution is -0.385. The van der Waals surface area contributed by atoms with Gasteiger partial charge in [-0.15, -0.1) is 0 Å². The van der Waals surface area contributed by atoms with E-state index in [2.05, 4.69) is 25.0 Å². The summed E-state index contributed by atoms with van der Waals surface area (Å²) in [5.74, 6) is 1.12. The van der Waals surface area contributed by atoms with Crippen LogP contribution in [0.25, 0.3) is 0 Å². The van der Waals surface area contributed by atoms with Gasteiger partial charge >= 0.3 is 0 Å². The maximum absolute atomic E-state index is 12.4. The average molecular weight is 450 g/mol. The first-order valence-electron chi connectivity index (χ1n) is 10.1. The van der Waals surface area contributed by atoms with Crippen molar-refractivity contribution in [2.45, 2.75) is 24.2 Å². The van der Waals surface area contributed by atoms with Crippen molar-refractivity contribution in [3.63, 3.8) is 0 Å². The lowest BCUT2D eigenvalue weighted by Crippen LogP contribution is -2.40. The largest absolute Gasteiger partial charge is 0.357 e. The molecule has 1 unspecified atom stereocenters. The predicted octanol–water partition coefficient (Wildman–Crippen LogP) is 1.06. The SMILES string of the molecule is CCNC(=NCCNS(=O)(=O)c1cccc([N+](=O)[O-])c1)N1CCC(c2cnn(C)c2)C1. The van der Waals surface area contributed by atoms with Gasteiger partial charge in [0, 0.05) is 57.5 Å². The molecule has 1 aromatic heterocycles. The molecule has 2 heterocycles. The predicted molar refractivity (Wildman–Crippen MR) is 116 cm³/mol. The lowest BCUT2D eigenvalue weighted by Gasteiger charge is -2.21. The van der Waals surface area contributed by atoms with Gasteiger partial charge in [-0.05, 0) is 25.0 Å². The number of rotatable bonds is 8. The highest BCUT2D eigenvalue weighted by Crippen LogP contribution is 2.26. The number of non-ortho nitro benzene ring substituents is 1. The normalized spacial score (nSPS) is 17.2. The van der Waals surface area contributed by atoms with Crippen LogP contribution in [0.1, 0.15) is 24.8 Å². The van der Waals surface area contributed by atoms with Crippen molar-refractivity contribution in [3.05, 3.63) is 52.3 Å². The molecule has 12 heteroatoms. The maximum atomic E-state index is 12.4. The summed E-state index contributed by atoms with van der Waals surface area (Å²) in [6, 6.07) is 4.96. The average Bonchev–Trinajstić information content (AvgIpc) is 3.39. The summed E-state index contributed by atoms with van der Waals surface area (Å²) in [7, 11) is -1.96. The molecule has 1 saturated heterocycles. The molecule has 1 atom stereocenters. The van der Waals surface area contributed by atoms with Gasteiger partial charge in [0.25, 0.3) is 5.69 Å². The minimum Gasteiger partial charge on any atom is -0.357 e. The van der Waals surface area contributed by atoms with E-state index in [0.29, 0.717) is 12.5 Å². The molecule has 0 radical (unpaired) electrons. The number of sulfonamides is 1. The van der Waals surface area contributed by atoms with E-state index in [-0.39, 0.29) is 23.7 Å². The Kier molecular flexibility index (Phi) is 7.23. The number of aliphatic imine (C=N–C) groups is 1. The van der Waals surface area contributed by atoms with Crippen LogP contribution in [0.5, 0.6) is 0 Å². The molecule has 1 aliphatic rings. The number of hydrogen-bond donors (Lipinski definition) is 2. The Morgan fingerprint density at radius 3 is 2.90 bits per heavy atom. The number of aromatic nitrogens is 2. The Bertz CT molecular complexity index is 1050. The van der Waals surface area contributed by atoms with Crippen molar-refractivity contribution in [2.24, 2.45) is 12.0 Å². The van der Waals surface area contributed by atoms with Gasteiger partial charge in [0.15, 0.2) is 5.96 Å². The molecule has 0 saturated carbocycles. The smallest absolute Gasteiger partial charge is 0.270 e. The molecule has 1 fully saturated rings. The zero-order valence-corrected chi connectivity index (χ0v) is 18.4. The lowest BCUT2D eigenvalue weighted by atomic mass is 10.0. The number of aryl methyl sites for hydroxylation is 1. The van der Waals surface area contributed by atoms with Gasteiger partial charge in [-0.1, -0.05) is 6.07 Å². The minimum atomic E-state index is -3.86. The first-order chi connectivity index (χ1) is 14.8. The zero-order chi connectivity index (χ0) is 22.4. The van der Waals surface area contributed by atoms with E-state index in [9.17, 15) is 18.5 Å². The van der Waals surface area contributed by atoms with Crippen LogP contribution in [0.15, 0.2) is 46.5 Å². The van der Waals surface area contributed by atoms with Crippen LogP contribution in [0.2, 0.25) is 0 Å². The van der Waals surface area contributed by atoms with Crippen molar-refractivity contribution in [1.29, 1.82) is 0 Å². The van der Waals surface area contributed by atoms with E-state index in [1.165, 1.54) is 23.8 Å². The van der Waals surface area contributed by atoms with E-state index in [1.54, 1.807) is 4.68 Å². The molecule has 0 bridgehead atoms. The monoisotopic (exact) mass is 449 g/mol. The van der Waals surface area contributed by atoms with Gasteiger partial charge < -0.3 is 10.2 Å². The second-order valence-electron chi connectivity index (χ2n) is 7.27. The van der Waals surface area contributed by atoms with Crippen LogP contribution in [0.3, 0.4) is 0 Å². The maximum Gasteiger partial charge on any atom is 0.270 e. The molecule has 2 N–H and O–H groups in total. The van der Waals surface area contributed by atoms with Crippen LogP contribution in [0, 0.1) is 10.1 Å². The molecule has 0 amide bonds. The Labute approximate surface area is 181 Å². The highest BCUT2D eigenvalue weighted by Gasteiger charge is 2.27. The molecule has 0 spiro atoms. The van der Waals surface area contributed by atoms with Crippen molar-refractivity contribution in [1.82, 2.24) is 24.7 Å². The summed E-state index contributed by atoms with van der Waals surface area (Å²) >= 11 is 0. The van der Waals surface area contributed by atoms with Gasteiger partial charge in [-0.3, -0.25) is 19.8 Å². The fraction of sp³-hybridized carbons (Fsp3) is 0.474. The number of nitro benzene ring substituents is 1. The second kappa shape index (κ2) is 9.88. The molecule has 168 valence electrons. The van der Waals surface area contributed by atoms with Crippen LogP contribution in [-0.2, 0) is 17.1 Å². The Morgan fingerprint density at radius 1 is 1.42 bits per heavy atom. The summed E-state index contributed by atoms with van der Waals surface area (Å²) in [6.45, 7) is 4.67. The third-order valence-corrected chi connectivity index (χ3v) is 6.48. The summed E-state index contributed by atoms with van der Waals surface area (Å²) in [5, 5.41) is 18.4. The molecular weight excluding hydrogens is 422 g/mol. The number of likely N-dealkylation sites (tertiary alicyclic amines) is 1. The van der Waals surface area contributed by atoms with Gasteiger partial charge in [-0.2, -0.15) is 5.10 Å². The van der Waals surface area contributed by atoms with E-state index in [0.717, 1.165) is 31.5 Å². The zero-order valence-electron chi connectivity index (χ0n) is 17.6. The standard InChI is InChI=1S/C19H27N7O4S/c1-3-20-19(25-10-7-15(14-25)16-12-22-24(2)13-16)21-8-9-23-31(29,30)18-6-4-5-17(11-18)26(27)28/h4-6,11-13,15,23H,3,7-10,14H2,1-2H3,(H,20,21). The number of nitrogens with one attached hydrogen (secondary N) is 2. The number of nitro groups is 1. The molecule has 1 aliphatic heterocycles. The van der Waals surface area contributed by atoms with Crippen molar-refractivity contribution < 1.29 is 13.3 Å². The van der Waals surface area contributed by atoms with Crippen LogP contribution in [0.4, 0.5) is 5.69 Å². The Morgan fingerprint density at radius 2 is 2.23 bits per heavy atom. The van der Waals surface area contributed by atoms with Crippen LogP contribution < -0.4 is 10.0 Å². The summed E-state index contributed by atoms with van der Waals surface area (Å²) in [4.78, 5) is 16.8. The van der Waals surface area contributed by atoms with Crippen molar-refractivity contribution in [3.8, 4) is 0 Å². The fourth-order valence-corrected chi connectivity index (χ4v) is 4.55. The third-order valence-electron chi connectivity index (χ3n) is 5.02.